The maximum Gasteiger partial charge on any atom is 0.344 e. The molecule has 106 valence electrons. The zero-order chi connectivity index (χ0) is 15.0. The average molecular weight is 280 g/mol. The topological polar surface area (TPSA) is 39.4 Å². The van der Waals surface area contributed by atoms with Crippen molar-refractivity contribution in [2.45, 2.75) is 13.8 Å². The molecule has 0 atom stereocenters. The van der Waals surface area contributed by atoms with Crippen LogP contribution < -0.4 is 10.4 Å². The highest BCUT2D eigenvalue weighted by atomic mass is 16.5. The minimum atomic E-state index is -0.309. The minimum absolute atomic E-state index is 0.309. The van der Waals surface area contributed by atoms with Gasteiger partial charge in [0.25, 0.3) is 0 Å². The monoisotopic (exact) mass is 280 g/mol. The summed E-state index contributed by atoms with van der Waals surface area (Å²) < 4.78 is 10.6. The van der Waals surface area contributed by atoms with Crippen LogP contribution in [0.4, 0.5) is 0 Å². The van der Waals surface area contributed by atoms with E-state index in [1.807, 2.05) is 56.3 Å². The van der Waals surface area contributed by atoms with Crippen LogP contribution in [0.2, 0.25) is 0 Å². The maximum absolute atomic E-state index is 12.3. The van der Waals surface area contributed by atoms with Gasteiger partial charge in [0.2, 0.25) is 0 Å². The molecule has 0 radical (unpaired) electrons. The predicted octanol–water partition coefficient (Wildman–Crippen LogP) is 4.09. The molecule has 3 rings (SSSR count). The van der Waals surface area contributed by atoms with Crippen LogP contribution in [0.1, 0.15) is 11.1 Å². The molecule has 3 heteroatoms. The van der Waals surface area contributed by atoms with Gasteiger partial charge in [-0.15, -0.1) is 0 Å². The molecule has 0 bridgehead atoms. The van der Waals surface area contributed by atoms with Crippen LogP contribution in [-0.4, -0.2) is 7.11 Å². The van der Waals surface area contributed by atoms with Gasteiger partial charge in [0, 0.05) is 5.39 Å². The van der Waals surface area contributed by atoms with Crippen molar-refractivity contribution in [3.05, 3.63) is 64.0 Å². The van der Waals surface area contributed by atoms with E-state index in [-0.39, 0.29) is 5.63 Å². The maximum atomic E-state index is 12.3. The Morgan fingerprint density at radius 2 is 1.71 bits per heavy atom. The molecule has 0 N–H and O–H groups in total. The van der Waals surface area contributed by atoms with Gasteiger partial charge in [-0.25, -0.2) is 4.79 Å². The van der Waals surface area contributed by atoms with E-state index in [2.05, 4.69) is 0 Å². The van der Waals surface area contributed by atoms with Crippen LogP contribution in [0.25, 0.3) is 22.1 Å². The zero-order valence-corrected chi connectivity index (χ0v) is 12.3. The first-order valence-corrected chi connectivity index (χ1v) is 6.78. The van der Waals surface area contributed by atoms with Crippen LogP contribution in [0.3, 0.4) is 0 Å². The Kier molecular flexibility index (Phi) is 3.26. The van der Waals surface area contributed by atoms with Crippen molar-refractivity contribution in [1.82, 2.24) is 0 Å². The summed E-state index contributed by atoms with van der Waals surface area (Å²) in [7, 11) is 1.62. The van der Waals surface area contributed by atoms with E-state index in [0.29, 0.717) is 11.1 Å². The largest absolute Gasteiger partial charge is 0.497 e. The molecule has 21 heavy (non-hydrogen) atoms. The molecule has 0 aliphatic heterocycles. The summed E-state index contributed by atoms with van der Waals surface area (Å²) in [5, 5.41) is 0.964. The molecule has 0 saturated carbocycles. The van der Waals surface area contributed by atoms with Crippen molar-refractivity contribution < 1.29 is 9.15 Å². The highest BCUT2D eigenvalue weighted by Gasteiger charge is 2.13. The lowest BCUT2D eigenvalue weighted by Gasteiger charge is -2.09. The van der Waals surface area contributed by atoms with E-state index in [9.17, 15) is 4.79 Å². The summed E-state index contributed by atoms with van der Waals surface area (Å²) in [6.45, 7) is 3.93. The molecule has 0 spiro atoms. The molecule has 1 aromatic heterocycles. The van der Waals surface area contributed by atoms with Crippen LogP contribution in [0, 0.1) is 13.8 Å². The third-order valence-corrected chi connectivity index (χ3v) is 3.70. The van der Waals surface area contributed by atoms with Crippen LogP contribution >= 0.6 is 0 Å². The lowest BCUT2D eigenvalue weighted by Crippen LogP contribution is -2.06. The SMILES string of the molecule is COc1ccc(-c2c(C)c3ccc(C)cc3oc2=O)cc1. The summed E-state index contributed by atoms with van der Waals surface area (Å²) in [5.74, 6) is 0.761. The average Bonchev–Trinajstić information content (AvgIpc) is 2.47. The fraction of sp³-hybridized carbons (Fsp3) is 0.167. The van der Waals surface area contributed by atoms with Gasteiger partial charge >= 0.3 is 5.63 Å². The molecule has 0 aliphatic rings. The van der Waals surface area contributed by atoms with Crippen molar-refractivity contribution in [3.8, 4) is 16.9 Å². The Morgan fingerprint density at radius 1 is 1.00 bits per heavy atom. The summed E-state index contributed by atoms with van der Waals surface area (Å²) in [6.07, 6.45) is 0. The van der Waals surface area contributed by atoms with E-state index in [0.717, 1.165) is 27.8 Å². The minimum Gasteiger partial charge on any atom is -0.497 e. The summed E-state index contributed by atoms with van der Waals surface area (Å²) in [5.41, 5.74) is 3.78. The van der Waals surface area contributed by atoms with Gasteiger partial charge in [0.15, 0.2) is 0 Å². The smallest absolute Gasteiger partial charge is 0.344 e. The number of hydrogen-bond donors (Lipinski definition) is 0. The Labute approximate surface area is 122 Å². The van der Waals surface area contributed by atoms with Crippen molar-refractivity contribution in [2.24, 2.45) is 0 Å². The molecule has 3 nitrogen and oxygen atoms in total. The van der Waals surface area contributed by atoms with E-state index >= 15 is 0 Å². The molecule has 3 aromatic rings. The van der Waals surface area contributed by atoms with Gasteiger partial charge in [-0.2, -0.15) is 0 Å². The lowest BCUT2D eigenvalue weighted by atomic mass is 9.99. The molecule has 0 fully saturated rings. The second-order valence-corrected chi connectivity index (χ2v) is 5.12. The fourth-order valence-electron chi connectivity index (χ4n) is 2.55. The highest BCUT2D eigenvalue weighted by Crippen LogP contribution is 2.28. The van der Waals surface area contributed by atoms with Crippen molar-refractivity contribution >= 4 is 11.0 Å². The molecular weight excluding hydrogens is 264 g/mol. The second kappa shape index (κ2) is 5.09. The van der Waals surface area contributed by atoms with Gasteiger partial charge in [-0.3, -0.25) is 0 Å². The van der Waals surface area contributed by atoms with Crippen molar-refractivity contribution in [3.63, 3.8) is 0 Å². The number of hydrogen-bond acceptors (Lipinski definition) is 3. The fourth-order valence-corrected chi connectivity index (χ4v) is 2.55. The standard InChI is InChI=1S/C18H16O3/c1-11-4-9-15-12(2)17(18(19)21-16(15)10-11)13-5-7-14(20-3)8-6-13/h4-10H,1-3H3. The van der Waals surface area contributed by atoms with E-state index < -0.39 is 0 Å². The van der Waals surface area contributed by atoms with E-state index in [1.54, 1.807) is 7.11 Å². The number of methoxy groups -OCH3 is 1. The van der Waals surface area contributed by atoms with Crippen LogP contribution in [0.15, 0.2) is 51.7 Å². The Hall–Kier alpha value is -2.55. The summed E-state index contributed by atoms with van der Waals surface area (Å²) >= 11 is 0. The molecule has 0 saturated heterocycles. The third-order valence-electron chi connectivity index (χ3n) is 3.70. The number of ether oxygens (including phenoxy) is 1. The van der Waals surface area contributed by atoms with Gasteiger partial charge in [-0.05, 0) is 48.7 Å². The summed E-state index contributed by atoms with van der Waals surface area (Å²) in [6, 6.07) is 13.3. The second-order valence-electron chi connectivity index (χ2n) is 5.12. The highest BCUT2D eigenvalue weighted by molar-refractivity contribution is 5.87. The third kappa shape index (κ3) is 2.31. The predicted molar refractivity (Wildman–Crippen MR) is 83.9 cm³/mol. The first kappa shape index (κ1) is 13.4. The van der Waals surface area contributed by atoms with Crippen LogP contribution in [-0.2, 0) is 0 Å². The molecule has 2 aromatic carbocycles. The molecule has 0 amide bonds. The van der Waals surface area contributed by atoms with Crippen LogP contribution in [0.5, 0.6) is 5.75 Å². The first-order chi connectivity index (χ1) is 10.1. The van der Waals surface area contributed by atoms with Crippen molar-refractivity contribution in [1.29, 1.82) is 0 Å². The van der Waals surface area contributed by atoms with Gasteiger partial charge in [0.1, 0.15) is 11.3 Å². The normalized spacial score (nSPS) is 10.8. The number of benzene rings is 2. The Balaban J connectivity index is 2.26. The summed E-state index contributed by atoms with van der Waals surface area (Å²) in [4.78, 5) is 12.3. The molecule has 0 unspecified atom stereocenters. The first-order valence-electron chi connectivity index (χ1n) is 6.78. The quantitative estimate of drug-likeness (QED) is 0.664. The Bertz CT molecular complexity index is 858. The van der Waals surface area contributed by atoms with E-state index in [4.69, 9.17) is 9.15 Å². The van der Waals surface area contributed by atoms with Gasteiger partial charge in [0.05, 0.1) is 12.7 Å². The van der Waals surface area contributed by atoms with E-state index in [1.165, 1.54) is 0 Å². The Morgan fingerprint density at radius 3 is 2.38 bits per heavy atom. The number of rotatable bonds is 2. The van der Waals surface area contributed by atoms with Gasteiger partial charge < -0.3 is 9.15 Å². The van der Waals surface area contributed by atoms with Crippen molar-refractivity contribution in [2.75, 3.05) is 7.11 Å². The molecule has 1 heterocycles. The lowest BCUT2D eigenvalue weighted by molar-refractivity contribution is 0.415. The molecular formula is C18H16O3. The molecule has 0 aliphatic carbocycles. The van der Waals surface area contributed by atoms with Gasteiger partial charge in [-0.1, -0.05) is 24.3 Å². The number of aryl methyl sites for hydroxylation is 2. The number of fused-ring (bicyclic) bond motifs is 1. The zero-order valence-electron chi connectivity index (χ0n) is 12.3.